The average Bonchev–Trinajstić information content (AvgIpc) is 2.55. The summed E-state index contributed by atoms with van der Waals surface area (Å²) in [5.41, 5.74) is 4.00. The monoisotopic (exact) mass is 312 g/mol. The third-order valence-corrected chi connectivity index (χ3v) is 4.06. The van der Waals surface area contributed by atoms with Gasteiger partial charge in [0, 0.05) is 30.2 Å². The van der Waals surface area contributed by atoms with E-state index in [1.165, 1.54) is 0 Å². The highest BCUT2D eigenvalue weighted by Gasteiger charge is 2.11. The number of aromatic nitrogens is 1. The van der Waals surface area contributed by atoms with Crippen LogP contribution < -0.4 is 10.2 Å². The van der Waals surface area contributed by atoms with Gasteiger partial charge < -0.3 is 9.30 Å². The molecule has 3 aromatic rings. The molecule has 0 aliphatic rings. The van der Waals surface area contributed by atoms with E-state index in [1.807, 2.05) is 49.5 Å². The Bertz CT molecular complexity index is 913. The number of nitrogens with zero attached hydrogens (tertiary/aromatic N) is 2. The van der Waals surface area contributed by atoms with Crippen molar-refractivity contribution in [2.75, 3.05) is 14.2 Å². The Hall–Kier alpha value is -2.26. The number of benzene rings is 2. The molecule has 0 aliphatic carbocycles. The summed E-state index contributed by atoms with van der Waals surface area (Å²) in [4.78, 5) is 4.47. The van der Waals surface area contributed by atoms with Gasteiger partial charge in [-0.1, -0.05) is 35.9 Å². The number of methoxy groups -OCH3 is 1. The summed E-state index contributed by atoms with van der Waals surface area (Å²) in [7, 11) is 5.48. The first kappa shape index (κ1) is 14.7. The number of fused-ring (bicyclic) bond motifs is 1. The van der Waals surface area contributed by atoms with E-state index in [1.54, 1.807) is 14.2 Å². The van der Waals surface area contributed by atoms with Gasteiger partial charge in [0.25, 0.3) is 0 Å². The predicted molar refractivity (Wildman–Crippen MR) is 91.4 cm³/mol. The minimum Gasteiger partial charge on any atom is -0.496 e. The van der Waals surface area contributed by atoms with Crippen molar-refractivity contribution in [1.82, 2.24) is 4.57 Å². The van der Waals surface area contributed by atoms with Crippen LogP contribution in [-0.2, 0) is 7.05 Å². The molecule has 0 fully saturated rings. The number of aryl methyl sites for hydroxylation is 1. The van der Waals surface area contributed by atoms with Crippen LogP contribution in [-0.4, -0.2) is 18.7 Å². The molecule has 0 unspecified atom stereocenters. The van der Waals surface area contributed by atoms with Gasteiger partial charge in [-0.05, 0) is 29.7 Å². The highest BCUT2D eigenvalue weighted by atomic mass is 35.5. The van der Waals surface area contributed by atoms with E-state index >= 15 is 0 Å². The quantitative estimate of drug-likeness (QED) is 0.701. The molecule has 1 heterocycles. The van der Waals surface area contributed by atoms with Crippen LogP contribution in [0.3, 0.4) is 0 Å². The van der Waals surface area contributed by atoms with E-state index in [4.69, 9.17) is 16.3 Å². The molecule has 2 aromatic carbocycles. The lowest BCUT2D eigenvalue weighted by atomic mass is 10.0. The lowest BCUT2D eigenvalue weighted by Crippen LogP contribution is -2.21. The standard InChI is InChI=1S/C18H17ClN2O/c1-20-18-15(14-6-4-5-7-17(14)22-3)10-12-8-9-13(19)11-16(12)21(18)2/h4-11H,1-3H3. The number of pyridine rings is 1. The number of rotatable bonds is 2. The predicted octanol–water partition coefficient (Wildman–Crippen LogP) is 4.04. The third-order valence-electron chi connectivity index (χ3n) is 3.82. The first-order valence-electron chi connectivity index (χ1n) is 7.01. The molecule has 0 aliphatic heterocycles. The van der Waals surface area contributed by atoms with E-state index in [2.05, 4.69) is 15.6 Å². The van der Waals surface area contributed by atoms with Crippen LogP contribution in [0.25, 0.3) is 22.0 Å². The van der Waals surface area contributed by atoms with Crippen LogP contribution >= 0.6 is 11.6 Å². The Kier molecular flexibility index (Phi) is 3.90. The van der Waals surface area contributed by atoms with Crippen molar-refractivity contribution in [2.45, 2.75) is 0 Å². The Balaban J connectivity index is 2.42. The van der Waals surface area contributed by atoms with Crippen LogP contribution in [0, 0.1) is 0 Å². The molecule has 0 bridgehead atoms. The van der Waals surface area contributed by atoms with Crippen molar-refractivity contribution in [3.63, 3.8) is 0 Å². The molecule has 1 aromatic heterocycles. The summed E-state index contributed by atoms with van der Waals surface area (Å²) in [6.07, 6.45) is 0. The Morgan fingerprint density at radius 1 is 1.05 bits per heavy atom. The maximum absolute atomic E-state index is 6.13. The number of para-hydroxylation sites is 1. The SMILES string of the molecule is CN=c1c(-c2ccccc2OC)cc2ccc(Cl)cc2n1C. The largest absolute Gasteiger partial charge is 0.496 e. The molecule has 0 atom stereocenters. The molecule has 0 N–H and O–H groups in total. The van der Waals surface area contributed by atoms with E-state index in [0.29, 0.717) is 0 Å². The van der Waals surface area contributed by atoms with Crippen LogP contribution in [0.2, 0.25) is 5.02 Å². The zero-order valence-corrected chi connectivity index (χ0v) is 13.6. The van der Waals surface area contributed by atoms with Gasteiger partial charge in [0.1, 0.15) is 11.2 Å². The molecule has 0 saturated carbocycles. The summed E-state index contributed by atoms with van der Waals surface area (Å²) < 4.78 is 7.56. The van der Waals surface area contributed by atoms with Crippen molar-refractivity contribution < 1.29 is 4.74 Å². The van der Waals surface area contributed by atoms with Crippen molar-refractivity contribution >= 4 is 22.5 Å². The second-order valence-electron chi connectivity index (χ2n) is 5.07. The molecule has 0 spiro atoms. The third kappa shape index (κ3) is 2.38. The number of hydrogen-bond acceptors (Lipinski definition) is 2. The van der Waals surface area contributed by atoms with E-state index in [0.717, 1.165) is 38.3 Å². The van der Waals surface area contributed by atoms with Gasteiger partial charge in [0.15, 0.2) is 0 Å². The van der Waals surface area contributed by atoms with Gasteiger partial charge >= 0.3 is 0 Å². The van der Waals surface area contributed by atoms with Crippen molar-refractivity contribution in [1.29, 1.82) is 0 Å². The van der Waals surface area contributed by atoms with E-state index in [-0.39, 0.29) is 0 Å². The molecular weight excluding hydrogens is 296 g/mol. The molecule has 0 amide bonds. The molecular formula is C18H17ClN2O. The van der Waals surface area contributed by atoms with Gasteiger partial charge in [0.05, 0.1) is 12.6 Å². The summed E-state index contributed by atoms with van der Waals surface area (Å²) in [6, 6.07) is 16.0. The van der Waals surface area contributed by atoms with Crippen LogP contribution in [0.5, 0.6) is 5.75 Å². The lowest BCUT2D eigenvalue weighted by Gasteiger charge is -2.14. The van der Waals surface area contributed by atoms with Gasteiger partial charge in [-0.25, -0.2) is 0 Å². The topological polar surface area (TPSA) is 26.5 Å². The highest BCUT2D eigenvalue weighted by Crippen LogP contribution is 2.29. The fourth-order valence-electron chi connectivity index (χ4n) is 2.78. The second-order valence-corrected chi connectivity index (χ2v) is 5.50. The Morgan fingerprint density at radius 3 is 2.55 bits per heavy atom. The number of ether oxygens (including phenoxy) is 1. The zero-order chi connectivity index (χ0) is 15.7. The van der Waals surface area contributed by atoms with Crippen molar-refractivity contribution in [3.05, 3.63) is 59.0 Å². The Labute approximate surface area is 134 Å². The van der Waals surface area contributed by atoms with Gasteiger partial charge in [0.2, 0.25) is 0 Å². The molecule has 3 nitrogen and oxygen atoms in total. The first-order valence-corrected chi connectivity index (χ1v) is 7.39. The van der Waals surface area contributed by atoms with Crippen molar-refractivity contribution in [3.8, 4) is 16.9 Å². The smallest absolute Gasteiger partial charge is 0.135 e. The minimum atomic E-state index is 0.718. The van der Waals surface area contributed by atoms with Crippen LogP contribution in [0.4, 0.5) is 0 Å². The van der Waals surface area contributed by atoms with Crippen LogP contribution in [0.1, 0.15) is 0 Å². The fourth-order valence-corrected chi connectivity index (χ4v) is 2.95. The molecule has 4 heteroatoms. The molecule has 3 rings (SSSR count). The minimum absolute atomic E-state index is 0.718. The first-order chi connectivity index (χ1) is 10.7. The average molecular weight is 313 g/mol. The summed E-state index contributed by atoms with van der Waals surface area (Å²) in [5, 5.41) is 1.83. The van der Waals surface area contributed by atoms with Gasteiger partial charge in [-0.2, -0.15) is 0 Å². The summed E-state index contributed by atoms with van der Waals surface area (Å²) in [5.74, 6) is 0.834. The summed E-state index contributed by atoms with van der Waals surface area (Å²) in [6.45, 7) is 0. The normalized spacial score (nSPS) is 11.9. The Morgan fingerprint density at radius 2 is 1.82 bits per heavy atom. The summed E-state index contributed by atoms with van der Waals surface area (Å²) >= 11 is 6.13. The van der Waals surface area contributed by atoms with Crippen molar-refractivity contribution in [2.24, 2.45) is 12.0 Å². The van der Waals surface area contributed by atoms with E-state index < -0.39 is 0 Å². The maximum atomic E-state index is 6.13. The fraction of sp³-hybridized carbons (Fsp3) is 0.167. The second kappa shape index (κ2) is 5.85. The zero-order valence-electron chi connectivity index (χ0n) is 12.8. The van der Waals surface area contributed by atoms with E-state index in [9.17, 15) is 0 Å². The van der Waals surface area contributed by atoms with Crippen LogP contribution in [0.15, 0.2) is 53.5 Å². The molecule has 112 valence electrons. The molecule has 0 radical (unpaired) electrons. The lowest BCUT2D eigenvalue weighted by molar-refractivity contribution is 0.416. The molecule has 0 saturated heterocycles. The maximum Gasteiger partial charge on any atom is 0.135 e. The number of halogens is 1. The highest BCUT2D eigenvalue weighted by molar-refractivity contribution is 6.31. The van der Waals surface area contributed by atoms with Gasteiger partial charge in [-0.15, -0.1) is 0 Å². The number of hydrogen-bond donors (Lipinski definition) is 0. The van der Waals surface area contributed by atoms with Gasteiger partial charge in [-0.3, -0.25) is 4.99 Å². The molecule has 22 heavy (non-hydrogen) atoms.